The topological polar surface area (TPSA) is 200 Å². The number of hydrogen-bond donors (Lipinski definition) is 6. The van der Waals surface area contributed by atoms with Crippen molar-refractivity contribution < 1.29 is 54.4 Å². The molecule has 0 radical (unpaired) electrons. The van der Waals surface area contributed by atoms with Gasteiger partial charge in [-0.15, -0.1) is 0 Å². The molecule has 1 aliphatic carbocycles. The molecule has 1 aliphatic heterocycles. The van der Waals surface area contributed by atoms with Crippen molar-refractivity contribution in [3.63, 3.8) is 0 Å². The number of esters is 1. The average molecular weight is 541 g/mol. The fraction of sp³-hybridized carbons (Fsp3) is 0.654. The lowest BCUT2D eigenvalue weighted by molar-refractivity contribution is -0.278. The molecule has 12 heteroatoms. The summed E-state index contributed by atoms with van der Waals surface area (Å²) < 4.78 is 16.2. The van der Waals surface area contributed by atoms with Crippen LogP contribution < -0.4 is 10.2 Å². The van der Waals surface area contributed by atoms with E-state index in [1.807, 2.05) is 0 Å². The van der Waals surface area contributed by atoms with Crippen LogP contribution in [0.2, 0.25) is 0 Å². The van der Waals surface area contributed by atoms with Crippen LogP contribution in [-0.2, 0) is 31.9 Å². The van der Waals surface area contributed by atoms with Gasteiger partial charge in [-0.3, -0.25) is 14.4 Å². The van der Waals surface area contributed by atoms with Crippen LogP contribution in [0, 0.1) is 5.92 Å². The maximum absolute atomic E-state index is 12.7. The monoisotopic (exact) mass is 540 g/mol. The van der Waals surface area contributed by atoms with E-state index in [1.54, 1.807) is 19.9 Å². The van der Waals surface area contributed by atoms with Gasteiger partial charge in [0.1, 0.15) is 31.0 Å². The van der Waals surface area contributed by atoms with Crippen molar-refractivity contribution in [2.75, 3.05) is 6.61 Å². The Balaban J connectivity index is 1.71. The Morgan fingerprint density at radius 3 is 2.34 bits per heavy atom. The zero-order valence-corrected chi connectivity index (χ0v) is 21.6. The third-order valence-electron chi connectivity index (χ3n) is 7.00. The SMILES string of the molecule is CC(O)(CC(=O)O)CC(=O)OCC1O[C@@H](Oc2cc3c(ccc2=O)C[C@H](C(C)(C)O)CC3)[C@H](O)[C@@H](O)[C@@H]1O. The number of aliphatic carboxylic acids is 1. The molecule has 2 unspecified atom stereocenters. The molecule has 1 aromatic rings. The van der Waals surface area contributed by atoms with Gasteiger partial charge in [-0.05, 0) is 69.2 Å². The molecule has 0 amide bonds. The number of carboxylic acid groups (broad SMARTS) is 1. The molecule has 1 aromatic carbocycles. The molecule has 0 bridgehead atoms. The highest BCUT2D eigenvalue weighted by Gasteiger charge is 2.46. The standard InChI is InChI=1S/C26H36O12/c1-25(2,34)15-6-4-14-9-17(16(27)7-5-13(14)8-15)37-24-23(33)22(32)21(31)18(38-24)12-36-20(30)11-26(3,35)10-19(28)29/h5,7,9,15,18,21-24,31-35H,4,6,8,10-12H2,1-3H3,(H,28,29)/t15-,18?,21-,22+,23-,24-,26?/m1/s1. The molecule has 38 heavy (non-hydrogen) atoms. The lowest BCUT2D eigenvalue weighted by Gasteiger charge is -2.39. The summed E-state index contributed by atoms with van der Waals surface area (Å²) in [6, 6.07) is 4.51. The second kappa shape index (κ2) is 11.6. The molecule has 6 N–H and O–H groups in total. The van der Waals surface area contributed by atoms with E-state index in [4.69, 9.17) is 19.3 Å². The normalized spacial score (nSPS) is 29.1. The molecule has 7 atom stereocenters. The second-order valence-electron chi connectivity index (χ2n) is 10.9. The third kappa shape index (κ3) is 7.49. The molecule has 1 heterocycles. The van der Waals surface area contributed by atoms with Gasteiger partial charge >= 0.3 is 11.9 Å². The third-order valence-corrected chi connectivity index (χ3v) is 7.00. The minimum absolute atomic E-state index is 0.00769. The van der Waals surface area contributed by atoms with Gasteiger partial charge in [0.2, 0.25) is 11.7 Å². The maximum atomic E-state index is 12.7. The Kier molecular flexibility index (Phi) is 9.17. The number of aliphatic hydroxyl groups is 5. The van der Waals surface area contributed by atoms with Crippen LogP contribution in [0.15, 0.2) is 23.0 Å². The van der Waals surface area contributed by atoms with Crippen LogP contribution >= 0.6 is 0 Å². The number of carbonyl (C=O) groups is 2. The molecular weight excluding hydrogens is 504 g/mol. The first-order valence-electron chi connectivity index (χ1n) is 12.4. The Labute approximate surface area is 219 Å². The number of aliphatic hydroxyl groups excluding tert-OH is 3. The maximum Gasteiger partial charge on any atom is 0.308 e. The Hall–Kier alpha value is -2.61. The number of carboxylic acids is 1. The summed E-state index contributed by atoms with van der Waals surface area (Å²) in [5.74, 6) is -2.43. The van der Waals surface area contributed by atoms with E-state index < -0.39 is 78.7 Å². The van der Waals surface area contributed by atoms with Gasteiger partial charge in [0.15, 0.2) is 5.75 Å². The highest BCUT2D eigenvalue weighted by atomic mass is 16.7. The minimum Gasteiger partial charge on any atom is -0.481 e. The van der Waals surface area contributed by atoms with Crippen molar-refractivity contribution in [2.24, 2.45) is 5.92 Å². The number of hydrogen-bond acceptors (Lipinski definition) is 11. The fourth-order valence-corrected chi connectivity index (χ4v) is 4.71. The zero-order chi connectivity index (χ0) is 28.4. The summed E-state index contributed by atoms with van der Waals surface area (Å²) in [5, 5.41) is 60.3. The predicted octanol–water partition coefficient (Wildman–Crippen LogP) is -0.732. The van der Waals surface area contributed by atoms with Gasteiger partial charge < -0.3 is 44.8 Å². The lowest BCUT2D eigenvalue weighted by atomic mass is 9.77. The van der Waals surface area contributed by atoms with Crippen molar-refractivity contribution in [3.05, 3.63) is 39.5 Å². The molecule has 3 rings (SSSR count). The average Bonchev–Trinajstić information content (AvgIpc) is 2.95. The van der Waals surface area contributed by atoms with Crippen molar-refractivity contribution in [1.29, 1.82) is 0 Å². The fourth-order valence-electron chi connectivity index (χ4n) is 4.71. The van der Waals surface area contributed by atoms with E-state index in [1.165, 1.54) is 12.1 Å². The number of ether oxygens (including phenoxy) is 3. The first-order valence-corrected chi connectivity index (χ1v) is 12.4. The van der Waals surface area contributed by atoms with Crippen LogP contribution in [0.1, 0.15) is 51.2 Å². The van der Waals surface area contributed by atoms with E-state index in [0.717, 1.165) is 18.1 Å². The largest absolute Gasteiger partial charge is 0.481 e. The summed E-state index contributed by atoms with van der Waals surface area (Å²) in [5.41, 5.74) is -1.56. The number of aryl methyl sites for hydroxylation is 1. The molecular formula is C26H36O12. The lowest BCUT2D eigenvalue weighted by Crippen LogP contribution is -2.60. The Morgan fingerprint density at radius 2 is 1.71 bits per heavy atom. The summed E-state index contributed by atoms with van der Waals surface area (Å²) in [7, 11) is 0. The molecule has 1 fully saturated rings. The van der Waals surface area contributed by atoms with Crippen LogP contribution in [0.4, 0.5) is 0 Å². The Morgan fingerprint density at radius 1 is 1.03 bits per heavy atom. The molecule has 1 saturated heterocycles. The molecule has 12 nitrogen and oxygen atoms in total. The summed E-state index contributed by atoms with van der Waals surface area (Å²) in [4.78, 5) is 35.6. The van der Waals surface area contributed by atoms with Crippen LogP contribution in [0.25, 0.3) is 0 Å². The highest BCUT2D eigenvalue weighted by Crippen LogP contribution is 2.33. The Bertz CT molecular complexity index is 1080. The van der Waals surface area contributed by atoms with Gasteiger partial charge in [0.05, 0.1) is 24.0 Å². The first kappa shape index (κ1) is 29.9. The van der Waals surface area contributed by atoms with Gasteiger partial charge in [-0.1, -0.05) is 6.07 Å². The van der Waals surface area contributed by atoms with E-state index in [0.29, 0.717) is 19.3 Å². The van der Waals surface area contributed by atoms with Gasteiger partial charge in [-0.2, -0.15) is 0 Å². The first-order chi connectivity index (χ1) is 17.6. The molecule has 0 aromatic heterocycles. The van der Waals surface area contributed by atoms with E-state index >= 15 is 0 Å². The van der Waals surface area contributed by atoms with Crippen molar-refractivity contribution in [2.45, 2.75) is 94.8 Å². The van der Waals surface area contributed by atoms with Crippen molar-refractivity contribution in [1.82, 2.24) is 0 Å². The summed E-state index contributed by atoms with van der Waals surface area (Å²) >= 11 is 0. The van der Waals surface area contributed by atoms with Gasteiger partial charge in [0, 0.05) is 0 Å². The quantitative estimate of drug-likeness (QED) is 0.215. The summed E-state index contributed by atoms with van der Waals surface area (Å²) in [6.45, 7) is 4.04. The summed E-state index contributed by atoms with van der Waals surface area (Å²) in [6.07, 6.45) is -7.65. The minimum atomic E-state index is -1.87. The van der Waals surface area contributed by atoms with Crippen LogP contribution in [0.3, 0.4) is 0 Å². The second-order valence-corrected chi connectivity index (χ2v) is 10.9. The van der Waals surface area contributed by atoms with E-state index in [2.05, 4.69) is 0 Å². The predicted molar refractivity (Wildman–Crippen MR) is 130 cm³/mol. The molecule has 0 spiro atoms. The number of carbonyl (C=O) groups excluding carboxylic acids is 1. The van der Waals surface area contributed by atoms with Crippen LogP contribution in [0.5, 0.6) is 5.75 Å². The number of rotatable bonds is 9. The van der Waals surface area contributed by atoms with Gasteiger partial charge in [-0.25, -0.2) is 0 Å². The smallest absolute Gasteiger partial charge is 0.308 e. The molecule has 212 valence electrons. The molecule has 2 aliphatic rings. The van der Waals surface area contributed by atoms with Gasteiger partial charge in [0.25, 0.3) is 0 Å². The van der Waals surface area contributed by atoms with E-state index in [-0.39, 0.29) is 11.7 Å². The highest BCUT2D eigenvalue weighted by molar-refractivity contribution is 5.73. The van der Waals surface area contributed by atoms with Crippen molar-refractivity contribution >= 4 is 11.9 Å². The van der Waals surface area contributed by atoms with Crippen LogP contribution in [-0.4, -0.2) is 91.1 Å². The zero-order valence-electron chi connectivity index (χ0n) is 21.6. The van der Waals surface area contributed by atoms with E-state index in [9.17, 15) is 39.9 Å². The molecule has 0 saturated carbocycles. The number of fused-ring (bicyclic) bond motifs is 1. The van der Waals surface area contributed by atoms with Crippen molar-refractivity contribution in [3.8, 4) is 5.75 Å².